The van der Waals surface area contributed by atoms with Gasteiger partial charge in [0.2, 0.25) is 0 Å². The van der Waals surface area contributed by atoms with Gasteiger partial charge in [-0.25, -0.2) is 9.97 Å². The number of aromatic nitrogens is 2. The van der Waals surface area contributed by atoms with E-state index in [1.807, 2.05) is 24.3 Å². The number of nitrogens with zero attached hydrogens (tertiary/aromatic N) is 2. The number of carbonyl (C=O) groups excluding carboxylic acids is 1. The number of ether oxygens (including phenoxy) is 2. The van der Waals surface area contributed by atoms with Crippen LogP contribution in [0.25, 0.3) is 0 Å². The van der Waals surface area contributed by atoms with Crippen LogP contribution in [0.3, 0.4) is 0 Å². The lowest BCUT2D eigenvalue weighted by Crippen LogP contribution is -2.15. The highest BCUT2D eigenvalue weighted by Crippen LogP contribution is 2.31. The van der Waals surface area contributed by atoms with Crippen LogP contribution in [0.4, 0.5) is 17.2 Å². The van der Waals surface area contributed by atoms with Gasteiger partial charge in [0.25, 0.3) is 5.91 Å². The second-order valence-corrected chi connectivity index (χ2v) is 6.68. The number of nitrogens with one attached hydrogen (secondary N) is 2. The molecule has 0 unspecified atom stereocenters. The summed E-state index contributed by atoms with van der Waals surface area (Å²) in [5.74, 6) is 1.75. The van der Waals surface area contributed by atoms with Gasteiger partial charge in [-0.15, -0.1) is 0 Å². The fraction of sp³-hybridized carbons (Fsp3) is 0.227. The Morgan fingerprint density at radius 1 is 0.966 bits per heavy atom. The number of benzene rings is 2. The van der Waals surface area contributed by atoms with Gasteiger partial charge in [-0.05, 0) is 29.7 Å². The summed E-state index contributed by atoms with van der Waals surface area (Å²) in [6, 6.07) is 14.7. The third-order valence-corrected chi connectivity index (χ3v) is 4.40. The van der Waals surface area contributed by atoms with E-state index in [0.717, 1.165) is 11.3 Å². The van der Waals surface area contributed by atoms with Crippen LogP contribution in [0.1, 0.15) is 35.8 Å². The molecule has 3 aromatic rings. The number of methoxy groups -OCH3 is 2. The van der Waals surface area contributed by atoms with Crippen molar-refractivity contribution in [3.63, 3.8) is 0 Å². The quantitative estimate of drug-likeness (QED) is 0.611. The first-order valence-electron chi connectivity index (χ1n) is 9.23. The number of amides is 1. The number of anilines is 3. The van der Waals surface area contributed by atoms with E-state index in [-0.39, 0.29) is 17.5 Å². The topological polar surface area (TPSA) is 85.4 Å². The van der Waals surface area contributed by atoms with E-state index < -0.39 is 0 Å². The predicted molar refractivity (Wildman–Crippen MR) is 113 cm³/mol. The number of hydrogen-bond donors (Lipinski definition) is 2. The molecule has 0 atom stereocenters. The molecule has 2 N–H and O–H groups in total. The zero-order chi connectivity index (χ0) is 20.8. The van der Waals surface area contributed by atoms with Gasteiger partial charge in [-0.1, -0.05) is 32.0 Å². The van der Waals surface area contributed by atoms with Crippen LogP contribution in [0.2, 0.25) is 0 Å². The minimum absolute atomic E-state index is 0.253. The Bertz CT molecular complexity index is 1000. The maximum atomic E-state index is 12.7. The zero-order valence-electron chi connectivity index (χ0n) is 16.9. The lowest BCUT2D eigenvalue weighted by Gasteiger charge is -2.14. The van der Waals surface area contributed by atoms with Crippen molar-refractivity contribution in [1.82, 2.24) is 9.97 Å². The molecule has 0 spiro atoms. The van der Waals surface area contributed by atoms with Gasteiger partial charge in [0.15, 0.2) is 0 Å². The highest BCUT2D eigenvalue weighted by molar-refractivity contribution is 6.03. The van der Waals surface area contributed by atoms with E-state index in [1.54, 1.807) is 38.5 Å². The van der Waals surface area contributed by atoms with Gasteiger partial charge in [-0.3, -0.25) is 4.79 Å². The third kappa shape index (κ3) is 4.82. The lowest BCUT2D eigenvalue weighted by atomic mass is 10.0. The Hall–Kier alpha value is -3.61. The van der Waals surface area contributed by atoms with Crippen molar-refractivity contribution in [2.75, 3.05) is 24.9 Å². The fourth-order valence-electron chi connectivity index (χ4n) is 2.90. The molecule has 0 bridgehead atoms. The monoisotopic (exact) mass is 392 g/mol. The van der Waals surface area contributed by atoms with Crippen LogP contribution < -0.4 is 20.1 Å². The second-order valence-electron chi connectivity index (χ2n) is 6.68. The van der Waals surface area contributed by atoms with Gasteiger partial charge in [0.1, 0.15) is 29.3 Å². The minimum Gasteiger partial charge on any atom is -0.497 e. The molecule has 7 heteroatoms. The van der Waals surface area contributed by atoms with E-state index in [9.17, 15) is 4.79 Å². The summed E-state index contributed by atoms with van der Waals surface area (Å²) < 4.78 is 10.6. The summed E-state index contributed by atoms with van der Waals surface area (Å²) in [5, 5.41) is 6.09. The summed E-state index contributed by atoms with van der Waals surface area (Å²) in [7, 11) is 3.17. The molecular weight excluding hydrogens is 368 g/mol. The average molecular weight is 392 g/mol. The summed E-state index contributed by atoms with van der Waals surface area (Å²) in [6.07, 6.45) is 1.35. The van der Waals surface area contributed by atoms with E-state index in [0.29, 0.717) is 23.0 Å². The Balaban J connectivity index is 1.82. The van der Waals surface area contributed by atoms with Gasteiger partial charge < -0.3 is 20.1 Å². The fourth-order valence-corrected chi connectivity index (χ4v) is 2.90. The van der Waals surface area contributed by atoms with Crippen LogP contribution in [-0.4, -0.2) is 30.1 Å². The highest BCUT2D eigenvalue weighted by Gasteiger charge is 2.14. The Kier molecular flexibility index (Phi) is 6.29. The number of para-hydroxylation sites is 1. The first-order chi connectivity index (χ1) is 14.0. The van der Waals surface area contributed by atoms with Gasteiger partial charge >= 0.3 is 0 Å². The number of rotatable bonds is 7. The van der Waals surface area contributed by atoms with Crippen LogP contribution in [-0.2, 0) is 0 Å². The van der Waals surface area contributed by atoms with Crippen LogP contribution in [0.5, 0.6) is 11.5 Å². The molecule has 0 aliphatic rings. The molecule has 2 aromatic carbocycles. The van der Waals surface area contributed by atoms with Crippen molar-refractivity contribution < 1.29 is 14.3 Å². The Labute approximate surface area is 170 Å². The smallest absolute Gasteiger partial charge is 0.274 e. The molecule has 1 aromatic heterocycles. The lowest BCUT2D eigenvalue weighted by molar-refractivity contribution is 0.102. The van der Waals surface area contributed by atoms with Crippen LogP contribution in [0.15, 0.2) is 54.9 Å². The molecule has 0 aliphatic heterocycles. The molecule has 0 aliphatic carbocycles. The van der Waals surface area contributed by atoms with Gasteiger partial charge in [-0.2, -0.15) is 0 Å². The molecule has 29 heavy (non-hydrogen) atoms. The first-order valence-corrected chi connectivity index (χ1v) is 9.23. The summed E-state index contributed by atoms with van der Waals surface area (Å²) in [6.45, 7) is 4.17. The highest BCUT2D eigenvalue weighted by atomic mass is 16.5. The maximum Gasteiger partial charge on any atom is 0.274 e. The minimum atomic E-state index is -0.304. The number of hydrogen-bond acceptors (Lipinski definition) is 6. The first kappa shape index (κ1) is 20.1. The summed E-state index contributed by atoms with van der Waals surface area (Å²) >= 11 is 0. The number of carbonyl (C=O) groups is 1. The molecule has 1 heterocycles. The van der Waals surface area contributed by atoms with Crippen molar-refractivity contribution in [1.29, 1.82) is 0 Å². The van der Waals surface area contributed by atoms with Gasteiger partial charge in [0, 0.05) is 17.8 Å². The van der Waals surface area contributed by atoms with Crippen molar-refractivity contribution in [3.05, 3.63) is 66.1 Å². The van der Waals surface area contributed by atoms with Gasteiger partial charge in [0.05, 0.1) is 19.9 Å². The molecule has 0 radical (unpaired) electrons. The molecule has 1 amide bonds. The molecule has 3 rings (SSSR count). The van der Waals surface area contributed by atoms with Crippen LogP contribution in [0, 0.1) is 0 Å². The van der Waals surface area contributed by atoms with Crippen molar-refractivity contribution in [3.8, 4) is 11.5 Å². The molecule has 0 fully saturated rings. The predicted octanol–water partition coefficient (Wildman–Crippen LogP) is 4.61. The average Bonchev–Trinajstić information content (AvgIpc) is 2.74. The SMILES string of the molecule is COc1ccc(OC)c(Nc2cc(C(=O)Nc3ccccc3C(C)C)ncn2)c1. The van der Waals surface area contributed by atoms with Crippen molar-refractivity contribution in [2.45, 2.75) is 19.8 Å². The van der Waals surface area contributed by atoms with Crippen LogP contribution >= 0.6 is 0 Å². The molecule has 0 saturated carbocycles. The Morgan fingerprint density at radius 2 is 1.76 bits per heavy atom. The summed E-state index contributed by atoms with van der Waals surface area (Å²) in [4.78, 5) is 21.1. The van der Waals surface area contributed by atoms with E-state index >= 15 is 0 Å². The Morgan fingerprint density at radius 3 is 2.48 bits per heavy atom. The van der Waals surface area contributed by atoms with Crippen molar-refractivity contribution >= 4 is 23.1 Å². The molecular formula is C22H24N4O3. The van der Waals surface area contributed by atoms with E-state index in [4.69, 9.17) is 9.47 Å². The standard InChI is InChI=1S/C22H24N4O3/c1-14(2)16-7-5-6-8-17(16)26-22(27)19-12-21(24-13-23-19)25-18-11-15(28-3)9-10-20(18)29-4/h5-14H,1-4H3,(H,26,27)(H,23,24,25). The third-order valence-electron chi connectivity index (χ3n) is 4.40. The maximum absolute atomic E-state index is 12.7. The molecule has 7 nitrogen and oxygen atoms in total. The second kappa shape index (κ2) is 9.05. The van der Waals surface area contributed by atoms with Crippen molar-refractivity contribution in [2.24, 2.45) is 0 Å². The zero-order valence-corrected chi connectivity index (χ0v) is 16.9. The largest absolute Gasteiger partial charge is 0.497 e. The van der Waals surface area contributed by atoms with E-state index in [2.05, 4.69) is 34.4 Å². The molecule has 0 saturated heterocycles. The summed E-state index contributed by atoms with van der Waals surface area (Å²) in [5.41, 5.74) is 2.76. The molecule has 150 valence electrons. The van der Waals surface area contributed by atoms with E-state index in [1.165, 1.54) is 6.33 Å². The normalized spacial score (nSPS) is 10.5.